The molecule has 1 N–H and O–H groups in total. The lowest BCUT2D eigenvalue weighted by Crippen LogP contribution is -2.36. The molecule has 60 valence electrons. The molecule has 1 heteroatoms. The summed E-state index contributed by atoms with van der Waals surface area (Å²) in [5.41, 5.74) is 0. The Morgan fingerprint density at radius 2 is 2.00 bits per heavy atom. The van der Waals surface area contributed by atoms with Crippen molar-refractivity contribution in [2.75, 3.05) is 6.54 Å². The fourth-order valence-corrected chi connectivity index (χ4v) is 1.88. The second-order valence-corrected chi connectivity index (χ2v) is 3.43. The van der Waals surface area contributed by atoms with E-state index in [4.69, 9.17) is 0 Å². The Hall–Kier alpha value is -0.0400. The SMILES string of the molecule is CCN[C@H]1CCCC[C@@H]1C. The van der Waals surface area contributed by atoms with Crippen molar-refractivity contribution in [3.05, 3.63) is 0 Å². The largest absolute Gasteiger partial charge is 0.314 e. The van der Waals surface area contributed by atoms with E-state index in [0.717, 1.165) is 18.5 Å². The summed E-state index contributed by atoms with van der Waals surface area (Å²) in [6.07, 6.45) is 5.71. The van der Waals surface area contributed by atoms with Gasteiger partial charge in [-0.05, 0) is 25.3 Å². The highest BCUT2D eigenvalue weighted by Crippen LogP contribution is 2.23. The summed E-state index contributed by atoms with van der Waals surface area (Å²) in [7, 11) is 0. The second-order valence-electron chi connectivity index (χ2n) is 3.43. The number of rotatable bonds is 2. The van der Waals surface area contributed by atoms with E-state index in [1.807, 2.05) is 0 Å². The first kappa shape index (κ1) is 8.06. The lowest BCUT2D eigenvalue weighted by Gasteiger charge is -2.29. The standard InChI is InChI=1S/C9H19N/c1-3-10-9-7-5-4-6-8(9)2/h8-10H,3-7H2,1-2H3/t8-,9-/m0/s1. The van der Waals surface area contributed by atoms with Crippen LogP contribution in [0.2, 0.25) is 0 Å². The lowest BCUT2D eigenvalue weighted by atomic mass is 9.86. The molecule has 1 saturated carbocycles. The maximum absolute atomic E-state index is 3.53. The molecule has 0 aliphatic heterocycles. The minimum atomic E-state index is 0.818. The molecule has 0 unspecified atom stereocenters. The van der Waals surface area contributed by atoms with E-state index in [1.54, 1.807) is 0 Å². The van der Waals surface area contributed by atoms with Gasteiger partial charge in [0.2, 0.25) is 0 Å². The fraction of sp³-hybridized carbons (Fsp3) is 1.00. The molecule has 0 radical (unpaired) electrons. The maximum atomic E-state index is 3.53. The summed E-state index contributed by atoms with van der Waals surface area (Å²) in [5.74, 6) is 0.911. The molecule has 0 aromatic carbocycles. The third-order valence-electron chi connectivity index (χ3n) is 2.58. The second kappa shape index (κ2) is 3.97. The fourth-order valence-electron chi connectivity index (χ4n) is 1.88. The number of hydrogen-bond donors (Lipinski definition) is 1. The van der Waals surface area contributed by atoms with E-state index < -0.39 is 0 Å². The Morgan fingerprint density at radius 1 is 1.30 bits per heavy atom. The van der Waals surface area contributed by atoms with Gasteiger partial charge in [0, 0.05) is 6.04 Å². The molecule has 0 aromatic heterocycles. The Kier molecular flexibility index (Phi) is 3.20. The number of nitrogens with one attached hydrogen (secondary N) is 1. The molecule has 0 aromatic rings. The lowest BCUT2D eigenvalue weighted by molar-refractivity contribution is 0.285. The molecule has 1 fully saturated rings. The normalized spacial score (nSPS) is 34.2. The molecular formula is C9H19N. The Labute approximate surface area is 64.2 Å². The van der Waals surface area contributed by atoms with Crippen LogP contribution in [0.1, 0.15) is 39.5 Å². The van der Waals surface area contributed by atoms with E-state index >= 15 is 0 Å². The first-order valence-corrected chi connectivity index (χ1v) is 4.58. The van der Waals surface area contributed by atoms with Gasteiger partial charge in [0.25, 0.3) is 0 Å². The van der Waals surface area contributed by atoms with Crippen molar-refractivity contribution >= 4 is 0 Å². The Morgan fingerprint density at radius 3 is 2.60 bits per heavy atom. The van der Waals surface area contributed by atoms with Gasteiger partial charge >= 0.3 is 0 Å². The monoisotopic (exact) mass is 141 g/mol. The topological polar surface area (TPSA) is 12.0 Å². The molecular weight excluding hydrogens is 122 g/mol. The molecule has 10 heavy (non-hydrogen) atoms. The predicted octanol–water partition coefficient (Wildman–Crippen LogP) is 2.17. The molecule has 1 rings (SSSR count). The van der Waals surface area contributed by atoms with Crippen LogP contribution in [0, 0.1) is 5.92 Å². The summed E-state index contributed by atoms with van der Waals surface area (Å²) < 4.78 is 0. The number of hydrogen-bond acceptors (Lipinski definition) is 1. The molecule has 1 aliphatic carbocycles. The molecule has 1 aliphatic rings. The smallest absolute Gasteiger partial charge is 0.00925 e. The molecule has 0 heterocycles. The van der Waals surface area contributed by atoms with Gasteiger partial charge < -0.3 is 5.32 Å². The van der Waals surface area contributed by atoms with E-state index in [9.17, 15) is 0 Å². The van der Waals surface area contributed by atoms with Gasteiger partial charge in [-0.2, -0.15) is 0 Å². The zero-order valence-electron chi connectivity index (χ0n) is 7.19. The third kappa shape index (κ3) is 1.98. The van der Waals surface area contributed by atoms with Gasteiger partial charge in [-0.25, -0.2) is 0 Å². The Bertz CT molecular complexity index is 88.7. The van der Waals surface area contributed by atoms with E-state index in [0.29, 0.717) is 0 Å². The van der Waals surface area contributed by atoms with Crippen molar-refractivity contribution in [3.8, 4) is 0 Å². The third-order valence-corrected chi connectivity index (χ3v) is 2.58. The molecule has 0 amide bonds. The summed E-state index contributed by atoms with van der Waals surface area (Å²) in [6, 6.07) is 0.818. The van der Waals surface area contributed by atoms with Crippen molar-refractivity contribution in [1.29, 1.82) is 0 Å². The molecule has 0 bridgehead atoms. The quantitative estimate of drug-likeness (QED) is 0.621. The van der Waals surface area contributed by atoms with Gasteiger partial charge in [-0.3, -0.25) is 0 Å². The van der Waals surface area contributed by atoms with Crippen molar-refractivity contribution < 1.29 is 0 Å². The minimum Gasteiger partial charge on any atom is -0.314 e. The molecule has 0 spiro atoms. The minimum absolute atomic E-state index is 0.818. The molecule has 2 atom stereocenters. The van der Waals surface area contributed by atoms with Gasteiger partial charge in [0.05, 0.1) is 0 Å². The Balaban J connectivity index is 2.25. The highest BCUT2D eigenvalue weighted by molar-refractivity contribution is 4.77. The van der Waals surface area contributed by atoms with Crippen LogP contribution in [0.15, 0.2) is 0 Å². The van der Waals surface area contributed by atoms with Crippen LogP contribution in [0.25, 0.3) is 0 Å². The van der Waals surface area contributed by atoms with E-state index in [2.05, 4.69) is 19.2 Å². The summed E-state index contributed by atoms with van der Waals surface area (Å²) in [6.45, 7) is 5.70. The van der Waals surface area contributed by atoms with Crippen LogP contribution < -0.4 is 5.32 Å². The van der Waals surface area contributed by atoms with Crippen molar-refractivity contribution in [3.63, 3.8) is 0 Å². The van der Waals surface area contributed by atoms with Gasteiger partial charge in [0.15, 0.2) is 0 Å². The van der Waals surface area contributed by atoms with E-state index in [-0.39, 0.29) is 0 Å². The maximum Gasteiger partial charge on any atom is 0.00925 e. The van der Waals surface area contributed by atoms with Gasteiger partial charge in [-0.15, -0.1) is 0 Å². The van der Waals surface area contributed by atoms with E-state index in [1.165, 1.54) is 25.7 Å². The first-order chi connectivity index (χ1) is 4.84. The van der Waals surface area contributed by atoms with Crippen molar-refractivity contribution in [2.45, 2.75) is 45.6 Å². The highest BCUT2D eigenvalue weighted by Gasteiger charge is 2.19. The van der Waals surface area contributed by atoms with Crippen LogP contribution in [0.5, 0.6) is 0 Å². The average Bonchev–Trinajstić information content (AvgIpc) is 1.94. The van der Waals surface area contributed by atoms with Crippen LogP contribution >= 0.6 is 0 Å². The van der Waals surface area contributed by atoms with Crippen LogP contribution in [-0.2, 0) is 0 Å². The summed E-state index contributed by atoms with van der Waals surface area (Å²) in [4.78, 5) is 0. The van der Waals surface area contributed by atoms with Gasteiger partial charge in [0.1, 0.15) is 0 Å². The summed E-state index contributed by atoms with van der Waals surface area (Å²) in [5, 5.41) is 3.53. The first-order valence-electron chi connectivity index (χ1n) is 4.58. The average molecular weight is 141 g/mol. The summed E-state index contributed by atoms with van der Waals surface area (Å²) >= 11 is 0. The zero-order valence-corrected chi connectivity index (χ0v) is 7.19. The van der Waals surface area contributed by atoms with Crippen molar-refractivity contribution in [1.82, 2.24) is 5.32 Å². The van der Waals surface area contributed by atoms with Crippen LogP contribution in [0.3, 0.4) is 0 Å². The van der Waals surface area contributed by atoms with Gasteiger partial charge in [-0.1, -0.05) is 26.7 Å². The molecule has 0 saturated heterocycles. The van der Waals surface area contributed by atoms with Crippen LogP contribution in [-0.4, -0.2) is 12.6 Å². The van der Waals surface area contributed by atoms with Crippen molar-refractivity contribution in [2.24, 2.45) is 5.92 Å². The molecule has 1 nitrogen and oxygen atoms in total. The zero-order chi connectivity index (χ0) is 7.40. The predicted molar refractivity (Wildman–Crippen MR) is 45.1 cm³/mol. The van der Waals surface area contributed by atoms with Crippen LogP contribution in [0.4, 0.5) is 0 Å². The highest BCUT2D eigenvalue weighted by atomic mass is 14.9.